The van der Waals surface area contributed by atoms with Crippen molar-refractivity contribution in [2.24, 2.45) is 5.41 Å². The largest absolute Gasteiger partial charge is 0.487 e. The van der Waals surface area contributed by atoms with Gasteiger partial charge in [-0.3, -0.25) is 4.68 Å². The van der Waals surface area contributed by atoms with E-state index in [0.29, 0.717) is 41.1 Å². The minimum absolute atomic E-state index is 0.0147. The summed E-state index contributed by atoms with van der Waals surface area (Å²) >= 11 is 0. The molecule has 1 aliphatic carbocycles. The third-order valence-corrected chi connectivity index (χ3v) is 7.25. The van der Waals surface area contributed by atoms with E-state index in [9.17, 15) is 5.26 Å². The number of rotatable bonds is 10. The minimum atomic E-state index is -0.257. The number of hydrogen-bond donors (Lipinski definition) is 2. The highest BCUT2D eigenvalue weighted by atomic mass is 16.5. The van der Waals surface area contributed by atoms with Crippen LogP contribution >= 0.6 is 0 Å². The number of nitrogens with zero attached hydrogens (tertiary/aromatic N) is 9. The molecule has 1 aliphatic heterocycles. The van der Waals surface area contributed by atoms with E-state index in [1.807, 2.05) is 43.8 Å². The quantitative estimate of drug-likeness (QED) is 0.304. The number of nitriles is 1. The number of tetrazole rings is 1. The molecule has 13 heteroatoms. The summed E-state index contributed by atoms with van der Waals surface area (Å²) < 4.78 is 15.6. The maximum absolute atomic E-state index is 9.58. The predicted molar refractivity (Wildman–Crippen MR) is 145 cm³/mol. The Morgan fingerprint density at radius 1 is 1.15 bits per heavy atom. The first kappa shape index (κ1) is 25.7. The van der Waals surface area contributed by atoms with Crippen molar-refractivity contribution in [1.82, 2.24) is 45.3 Å². The lowest BCUT2D eigenvalue weighted by Gasteiger charge is -2.54. The van der Waals surface area contributed by atoms with Crippen LogP contribution in [0, 0.1) is 16.7 Å². The van der Waals surface area contributed by atoms with Crippen molar-refractivity contribution in [2.75, 3.05) is 18.4 Å². The first-order valence-corrected chi connectivity index (χ1v) is 13.4. The highest BCUT2D eigenvalue weighted by molar-refractivity contribution is 5.67. The summed E-state index contributed by atoms with van der Waals surface area (Å²) in [6.07, 6.45) is 8.95. The van der Waals surface area contributed by atoms with Gasteiger partial charge in [0.1, 0.15) is 29.9 Å². The van der Waals surface area contributed by atoms with Crippen LogP contribution in [0.25, 0.3) is 11.1 Å². The summed E-state index contributed by atoms with van der Waals surface area (Å²) in [6, 6.07) is 7.96. The van der Waals surface area contributed by atoms with Crippen LogP contribution in [-0.2, 0) is 6.54 Å². The molecule has 206 valence electrons. The second kappa shape index (κ2) is 10.5. The number of aromatic nitrogens is 8. The lowest BCUT2D eigenvalue weighted by atomic mass is 9.62. The van der Waals surface area contributed by atoms with Crippen LogP contribution in [0.1, 0.15) is 45.2 Å². The van der Waals surface area contributed by atoms with Gasteiger partial charge in [0.05, 0.1) is 30.5 Å². The molecule has 0 bridgehead atoms. The Balaban J connectivity index is 1.16. The zero-order valence-corrected chi connectivity index (χ0v) is 22.7. The molecule has 0 amide bonds. The lowest BCUT2D eigenvalue weighted by molar-refractivity contribution is 0.00176. The number of hydrogen-bond acceptors (Lipinski definition) is 11. The second-order valence-electron chi connectivity index (χ2n) is 10.9. The van der Waals surface area contributed by atoms with Crippen molar-refractivity contribution < 1.29 is 9.47 Å². The number of anilines is 2. The highest BCUT2D eigenvalue weighted by Gasteiger charge is 2.49. The Bertz CT molecular complexity index is 1500. The first-order chi connectivity index (χ1) is 19.4. The van der Waals surface area contributed by atoms with Gasteiger partial charge in [-0.2, -0.15) is 5.26 Å². The van der Waals surface area contributed by atoms with E-state index in [1.165, 1.54) is 6.33 Å². The summed E-state index contributed by atoms with van der Waals surface area (Å²) in [6.45, 7) is 8.49. The van der Waals surface area contributed by atoms with Crippen molar-refractivity contribution >= 4 is 11.6 Å². The molecule has 4 heterocycles. The van der Waals surface area contributed by atoms with E-state index in [2.05, 4.69) is 42.2 Å². The molecule has 1 saturated carbocycles. The summed E-state index contributed by atoms with van der Waals surface area (Å²) in [5.74, 6) is 1.45. The van der Waals surface area contributed by atoms with E-state index in [4.69, 9.17) is 14.6 Å². The average molecular weight is 542 g/mol. The molecule has 1 atom stereocenters. The molecular weight excluding hydrogens is 510 g/mol. The Labute approximate surface area is 231 Å². The van der Waals surface area contributed by atoms with Crippen LogP contribution in [0.5, 0.6) is 11.6 Å². The third-order valence-electron chi connectivity index (χ3n) is 7.25. The molecule has 0 unspecified atom stereocenters. The molecule has 6 rings (SSSR count). The van der Waals surface area contributed by atoms with Gasteiger partial charge in [-0.05, 0) is 67.2 Å². The molecule has 3 aromatic heterocycles. The summed E-state index contributed by atoms with van der Waals surface area (Å²) in [4.78, 5) is 9.07. The van der Waals surface area contributed by atoms with Gasteiger partial charge in [0.15, 0.2) is 0 Å². The number of ether oxygens (including phenoxy) is 2. The van der Waals surface area contributed by atoms with Gasteiger partial charge < -0.3 is 20.1 Å². The van der Waals surface area contributed by atoms with E-state index in [-0.39, 0.29) is 12.2 Å². The van der Waals surface area contributed by atoms with Gasteiger partial charge >= 0.3 is 0 Å². The normalized spacial score (nSPS) is 16.7. The fourth-order valence-corrected chi connectivity index (χ4v) is 5.19. The molecule has 13 nitrogen and oxygen atoms in total. The zero-order valence-electron chi connectivity index (χ0n) is 22.7. The Morgan fingerprint density at radius 2 is 1.95 bits per heavy atom. The Morgan fingerprint density at radius 3 is 2.60 bits per heavy atom. The zero-order chi connectivity index (χ0) is 27.7. The van der Waals surface area contributed by atoms with E-state index in [0.717, 1.165) is 42.7 Å². The standard InChI is InChI=1S/C27H31N11O2/c1-17(2)39-25-23(13-38(34-25)22-7-27(8-22)14-29-15-27)33-26-30-10-21(11-31-26)19-4-5-20(9-28)24(6-19)40-18(3)12-37-16-32-35-36-37/h4-6,10-11,13,16-18,22,29H,7-8,12,14-15H2,1-3H3,(H,30,31,33)/t18-/m0/s1. The molecule has 1 saturated heterocycles. The first-order valence-electron chi connectivity index (χ1n) is 13.4. The minimum Gasteiger partial charge on any atom is -0.487 e. The van der Waals surface area contributed by atoms with Gasteiger partial charge in [-0.15, -0.1) is 10.2 Å². The van der Waals surface area contributed by atoms with Crippen LogP contribution in [0.3, 0.4) is 0 Å². The monoisotopic (exact) mass is 541 g/mol. The van der Waals surface area contributed by atoms with E-state index in [1.54, 1.807) is 23.1 Å². The molecule has 2 aliphatic rings. The van der Waals surface area contributed by atoms with Gasteiger partial charge in [-0.25, -0.2) is 14.6 Å². The Hall–Kier alpha value is -4.57. The fourth-order valence-electron chi connectivity index (χ4n) is 5.19. The molecule has 0 radical (unpaired) electrons. The number of nitrogens with one attached hydrogen (secondary N) is 2. The fraction of sp³-hybridized carbons (Fsp3) is 0.444. The van der Waals surface area contributed by atoms with Gasteiger partial charge in [0.2, 0.25) is 5.95 Å². The smallest absolute Gasteiger partial charge is 0.257 e. The molecule has 2 N–H and O–H groups in total. The molecule has 1 spiro atoms. The van der Waals surface area contributed by atoms with Gasteiger partial charge in [0.25, 0.3) is 5.88 Å². The van der Waals surface area contributed by atoms with Crippen LogP contribution in [-0.4, -0.2) is 65.3 Å². The van der Waals surface area contributed by atoms with Gasteiger partial charge in [-0.1, -0.05) is 6.07 Å². The summed E-state index contributed by atoms with van der Waals surface area (Å²) in [5, 5.41) is 32.1. The second-order valence-corrected chi connectivity index (χ2v) is 10.9. The van der Waals surface area contributed by atoms with Crippen molar-refractivity contribution in [3.63, 3.8) is 0 Å². The SMILES string of the molecule is CC(C)Oc1nn(C2CC3(CNC3)C2)cc1Nc1ncc(-c2ccc(C#N)c(O[C@@H](C)Cn3cnnn3)c2)cn1. The van der Waals surface area contributed by atoms with Crippen molar-refractivity contribution in [3.05, 3.63) is 48.7 Å². The maximum Gasteiger partial charge on any atom is 0.257 e. The van der Waals surface area contributed by atoms with Gasteiger partial charge in [0, 0.05) is 31.0 Å². The summed E-state index contributed by atoms with van der Waals surface area (Å²) in [5.41, 5.74) is 3.24. The van der Waals surface area contributed by atoms with E-state index >= 15 is 0 Å². The van der Waals surface area contributed by atoms with Crippen LogP contribution < -0.4 is 20.1 Å². The van der Waals surface area contributed by atoms with Crippen LogP contribution in [0.4, 0.5) is 11.6 Å². The topological polar surface area (TPSA) is 154 Å². The highest BCUT2D eigenvalue weighted by Crippen LogP contribution is 2.51. The van der Waals surface area contributed by atoms with E-state index < -0.39 is 0 Å². The molecule has 2 fully saturated rings. The molecule has 4 aromatic rings. The number of benzene rings is 1. The lowest BCUT2D eigenvalue weighted by Crippen LogP contribution is -2.60. The molecular formula is C27H31N11O2. The van der Waals surface area contributed by atoms with Crippen molar-refractivity contribution in [2.45, 2.75) is 58.4 Å². The van der Waals surface area contributed by atoms with Crippen molar-refractivity contribution in [1.29, 1.82) is 5.26 Å². The van der Waals surface area contributed by atoms with Crippen LogP contribution in [0.15, 0.2) is 43.1 Å². The maximum atomic E-state index is 9.58. The summed E-state index contributed by atoms with van der Waals surface area (Å²) in [7, 11) is 0. The Kier molecular flexibility index (Phi) is 6.77. The third kappa shape index (κ3) is 5.30. The van der Waals surface area contributed by atoms with Crippen molar-refractivity contribution in [3.8, 4) is 28.8 Å². The molecule has 1 aromatic carbocycles. The molecule has 40 heavy (non-hydrogen) atoms. The average Bonchev–Trinajstić information content (AvgIpc) is 3.52. The van der Waals surface area contributed by atoms with Crippen LogP contribution in [0.2, 0.25) is 0 Å². The predicted octanol–water partition coefficient (Wildman–Crippen LogP) is 3.12.